The predicted molar refractivity (Wildman–Crippen MR) is 53.9 cm³/mol. The van der Waals surface area contributed by atoms with Crippen LogP contribution in [0, 0.1) is 5.92 Å². The van der Waals surface area contributed by atoms with Crippen LogP contribution in [-0.4, -0.2) is 26.8 Å². The zero-order valence-corrected chi connectivity index (χ0v) is 8.40. The third kappa shape index (κ3) is 4.75. The molecule has 0 aliphatic carbocycles. The van der Waals surface area contributed by atoms with E-state index in [0.29, 0.717) is 0 Å². The van der Waals surface area contributed by atoms with Crippen LogP contribution in [0.15, 0.2) is 12.2 Å². The SMILES string of the molecule is COC/C=C/C1CCCNC1.Cl. The first-order chi connectivity index (χ1) is 5.43. The van der Waals surface area contributed by atoms with Crippen molar-refractivity contribution in [3.63, 3.8) is 0 Å². The van der Waals surface area contributed by atoms with Gasteiger partial charge in [0.05, 0.1) is 6.61 Å². The second kappa shape index (κ2) is 7.59. The van der Waals surface area contributed by atoms with Gasteiger partial charge in [-0.2, -0.15) is 0 Å². The van der Waals surface area contributed by atoms with E-state index in [9.17, 15) is 0 Å². The van der Waals surface area contributed by atoms with Crippen LogP contribution in [0.1, 0.15) is 12.8 Å². The first kappa shape index (κ1) is 11.9. The van der Waals surface area contributed by atoms with Gasteiger partial charge in [-0.25, -0.2) is 0 Å². The number of ether oxygens (including phenoxy) is 1. The van der Waals surface area contributed by atoms with Crippen LogP contribution in [-0.2, 0) is 4.74 Å². The molecular formula is C9H18ClNO. The normalized spacial score (nSPS) is 23.9. The summed E-state index contributed by atoms with van der Waals surface area (Å²) >= 11 is 0. The molecule has 72 valence electrons. The Balaban J connectivity index is 0.00000121. The molecule has 1 aliphatic rings. The highest BCUT2D eigenvalue weighted by molar-refractivity contribution is 5.85. The lowest BCUT2D eigenvalue weighted by Gasteiger charge is -2.19. The lowest BCUT2D eigenvalue weighted by atomic mass is 9.99. The largest absolute Gasteiger partial charge is 0.381 e. The summed E-state index contributed by atoms with van der Waals surface area (Å²) in [7, 11) is 1.73. The second-order valence-corrected chi connectivity index (χ2v) is 2.99. The van der Waals surface area contributed by atoms with E-state index < -0.39 is 0 Å². The van der Waals surface area contributed by atoms with Crippen molar-refractivity contribution in [3.8, 4) is 0 Å². The Morgan fingerprint density at radius 3 is 3.00 bits per heavy atom. The number of hydrogen-bond donors (Lipinski definition) is 1. The Labute approximate surface area is 80.8 Å². The molecule has 0 aromatic carbocycles. The van der Waals surface area contributed by atoms with Gasteiger partial charge in [0.25, 0.3) is 0 Å². The molecule has 1 rings (SSSR count). The van der Waals surface area contributed by atoms with E-state index in [2.05, 4.69) is 17.5 Å². The van der Waals surface area contributed by atoms with Gasteiger partial charge in [0, 0.05) is 13.7 Å². The zero-order chi connectivity index (χ0) is 7.94. The van der Waals surface area contributed by atoms with E-state index >= 15 is 0 Å². The Morgan fingerprint density at radius 2 is 2.42 bits per heavy atom. The van der Waals surface area contributed by atoms with Gasteiger partial charge >= 0.3 is 0 Å². The molecule has 0 aromatic heterocycles. The lowest BCUT2D eigenvalue weighted by molar-refractivity contribution is 0.233. The Bertz CT molecular complexity index is 122. The van der Waals surface area contributed by atoms with Crippen molar-refractivity contribution in [3.05, 3.63) is 12.2 Å². The standard InChI is InChI=1S/C9H17NO.ClH/c1-11-7-3-5-9-4-2-6-10-8-9;/h3,5,9-10H,2,4,6-8H2,1H3;1H/b5-3+;. The highest BCUT2D eigenvalue weighted by Gasteiger charge is 2.08. The summed E-state index contributed by atoms with van der Waals surface area (Å²) < 4.78 is 4.93. The Hall–Kier alpha value is -0.0500. The number of halogens is 1. The molecule has 1 heterocycles. The molecule has 1 unspecified atom stereocenters. The third-order valence-corrected chi connectivity index (χ3v) is 2.01. The molecule has 0 aromatic rings. The molecule has 0 amide bonds. The van der Waals surface area contributed by atoms with E-state index in [1.165, 1.54) is 19.4 Å². The highest BCUT2D eigenvalue weighted by atomic mass is 35.5. The molecule has 1 saturated heterocycles. The van der Waals surface area contributed by atoms with Gasteiger partial charge in [-0.1, -0.05) is 12.2 Å². The molecule has 0 radical (unpaired) electrons. The molecule has 1 atom stereocenters. The predicted octanol–water partition coefficient (Wildman–Crippen LogP) is 1.61. The third-order valence-electron chi connectivity index (χ3n) is 2.01. The van der Waals surface area contributed by atoms with Crippen LogP contribution in [0.3, 0.4) is 0 Å². The summed E-state index contributed by atoms with van der Waals surface area (Å²) in [6.45, 7) is 3.07. The Kier molecular flexibility index (Phi) is 7.56. The van der Waals surface area contributed by atoms with Gasteiger partial charge in [-0.15, -0.1) is 12.4 Å². The Morgan fingerprint density at radius 1 is 1.58 bits per heavy atom. The van der Waals surface area contributed by atoms with E-state index in [-0.39, 0.29) is 12.4 Å². The van der Waals surface area contributed by atoms with Crippen molar-refractivity contribution in [2.45, 2.75) is 12.8 Å². The van der Waals surface area contributed by atoms with Crippen LogP contribution in [0.25, 0.3) is 0 Å². The van der Waals surface area contributed by atoms with Gasteiger partial charge < -0.3 is 10.1 Å². The summed E-state index contributed by atoms with van der Waals surface area (Å²) in [5.41, 5.74) is 0. The molecular weight excluding hydrogens is 174 g/mol. The van der Waals surface area contributed by atoms with Crippen molar-refractivity contribution in [1.29, 1.82) is 0 Å². The maximum absolute atomic E-state index is 4.93. The summed E-state index contributed by atoms with van der Waals surface area (Å²) in [4.78, 5) is 0. The van der Waals surface area contributed by atoms with Crippen LogP contribution < -0.4 is 5.32 Å². The molecule has 3 heteroatoms. The number of rotatable bonds is 3. The molecule has 1 N–H and O–H groups in total. The molecule has 1 fully saturated rings. The summed E-state index contributed by atoms with van der Waals surface area (Å²) in [5.74, 6) is 0.735. The monoisotopic (exact) mass is 191 g/mol. The van der Waals surface area contributed by atoms with E-state index in [1.54, 1.807) is 7.11 Å². The summed E-state index contributed by atoms with van der Waals surface area (Å²) in [6.07, 6.45) is 7.00. The van der Waals surface area contributed by atoms with Crippen molar-refractivity contribution in [2.24, 2.45) is 5.92 Å². The van der Waals surface area contributed by atoms with Crippen LogP contribution in [0.4, 0.5) is 0 Å². The summed E-state index contributed by atoms with van der Waals surface area (Å²) in [6, 6.07) is 0. The molecule has 0 bridgehead atoms. The number of methoxy groups -OCH3 is 1. The smallest absolute Gasteiger partial charge is 0.0643 e. The van der Waals surface area contributed by atoms with Crippen LogP contribution >= 0.6 is 12.4 Å². The van der Waals surface area contributed by atoms with Gasteiger partial charge in [0.1, 0.15) is 0 Å². The van der Waals surface area contributed by atoms with E-state index in [4.69, 9.17) is 4.74 Å². The number of piperidine rings is 1. The van der Waals surface area contributed by atoms with Gasteiger partial charge in [-0.05, 0) is 25.3 Å². The fraction of sp³-hybridized carbons (Fsp3) is 0.778. The van der Waals surface area contributed by atoms with Crippen molar-refractivity contribution >= 4 is 12.4 Å². The highest BCUT2D eigenvalue weighted by Crippen LogP contribution is 2.10. The maximum atomic E-state index is 4.93. The minimum atomic E-state index is 0. The number of nitrogens with one attached hydrogen (secondary N) is 1. The topological polar surface area (TPSA) is 21.3 Å². The fourth-order valence-electron chi connectivity index (χ4n) is 1.39. The minimum Gasteiger partial charge on any atom is -0.381 e. The molecule has 12 heavy (non-hydrogen) atoms. The zero-order valence-electron chi connectivity index (χ0n) is 7.58. The average Bonchev–Trinajstić information content (AvgIpc) is 2.07. The van der Waals surface area contributed by atoms with Crippen LogP contribution in [0.2, 0.25) is 0 Å². The van der Waals surface area contributed by atoms with E-state index in [0.717, 1.165) is 19.1 Å². The average molecular weight is 192 g/mol. The molecule has 0 saturated carbocycles. The van der Waals surface area contributed by atoms with Crippen molar-refractivity contribution < 1.29 is 4.74 Å². The van der Waals surface area contributed by atoms with Crippen LogP contribution in [0.5, 0.6) is 0 Å². The van der Waals surface area contributed by atoms with Crippen molar-refractivity contribution in [1.82, 2.24) is 5.32 Å². The van der Waals surface area contributed by atoms with E-state index in [1.807, 2.05) is 0 Å². The molecule has 2 nitrogen and oxygen atoms in total. The van der Waals surface area contributed by atoms with Gasteiger partial charge in [-0.3, -0.25) is 0 Å². The van der Waals surface area contributed by atoms with Gasteiger partial charge in [0.15, 0.2) is 0 Å². The molecule has 1 aliphatic heterocycles. The first-order valence-corrected chi connectivity index (χ1v) is 4.30. The van der Waals surface area contributed by atoms with Crippen molar-refractivity contribution in [2.75, 3.05) is 26.8 Å². The quantitative estimate of drug-likeness (QED) is 0.685. The number of hydrogen-bond acceptors (Lipinski definition) is 2. The van der Waals surface area contributed by atoms with Gasteiger partial charge in [0.2, 0.25) is 0 Å². The minimum absolute atomic E-state index is 0. The molecule has 0 spiro atoms. The fourth-order valence-corrected chi connectivity index (χ4v) is 1.39. The lowest BCUT2D eigenvalue weighted by Crippen LogP contribution is -2.28. The first-order valence-electron chi connectivity index (χ1n) is 4.30. The second-order valence-electron chi connectivity index (χ2n) is 2.99. The maximum Gasteiger partial charge on any atom is 0.0643 e. The summed E-state index contributed by atoms with van der Waals surface area (Å²) in [5, 5.41) is 3.37.